The Morgan fingerprint density at radius 2 is 0.816 bits per heavy atom. The highest BCUT2D eigenvalue weighted by Gasteiger charge is 2.47. The largest absolute Gasteiger partial charge is 0.374 e. The van der Waals surface area contributed by atoms with E-state index in [1.807, 2.05) is 0 Å². The van der Waals surface area contributed by atoms with Crippen LogP contribution in [-0.4, -0.2) is 31.8 Å². The third-order valence-corrected chi connectivity index (χ3v) is 19.7. The third-order valence-electron chi connectivity index (χ3n) is 19.7. The number of nitrogens with zero attached hydrogens (tertiary/aromatic N) is 4. The highest BCUT2D eigenvalue weighted by molar-refractivity contribution is 6.92. The van der Waals surface area contributed by atoms with Crippen LogP contribution in [0, 0.1) is 0 Å². The smallest absolute Gasteiger partial charge is 0.333 e. The molecule has 14 aromatic rings. The van der Waals surface area contributed by atoms with Crippen molar-refractivity contribution in [3.05, 3.63) is 204 Å². The van der Waals surface area contributed by atoms with Gasteiger partial charge in [-0.2, -0.15) is 0 Å². The summed E-state index contributed by atoms with van der Waals surface area (Å²) in [4.78, 5) is 0. The molecule has 0 saturated heterocycles. The molecule has 0 unspecified atom stereocenters. The third kappa shape index (κ3) is 4.48. The number of rotatable bonds is 2. The monoisotopic (exact) mass is 964 g/mol. The summed E-state index contributed by atoms with van der Waals surface area (Å²) in [5, 5.41) is 8.00. The van der Waals surface area contributed by atoms with Crippen molar-refractivity contribution in [2.45, 2.75) is 51.4 Å². The van der Waals surface area contributed by atoms with Gasteiger partial charge in [0.1, 0.15) is 0 Å². The van der Waals surface area contributed by atoms with Crippen molar-refractivity contribution in [3.63, 3.8) is 0 Å². The lowest BCUT2D eigenvalue weighted by Gasteiger charge is -2.35. The summed E-state index contributed by atoms with van der Waals surface area (Å²) in [6.45, 7) is -0.122. The quantitative estimate of drug-likeness (QED) is 0.154. The molecule has 4 aliphatic heterocycles. The first-order valence-electron chi connectivity index (χ1n) is 28.0. The van der Waals surface area contributed by atoms with E-state index in [2.05, 4.69) is 200 Å². The number of fused-ring (bicyclic) bond motifs is 23. The second-order valence-electron chi connectivity index (χ2n) is 23.0. The van der Waals surface area contributed by atoms with Gasteiger partial charge in [0, 0.05) is 65.9 Å². The molecule has 4 aromatic heterocycles. The van der Waals surface area contributed by atoms with Gasteiger partial charge in [0.15, 0.2) is 0 Å². The Kier molecular flexibility index (Phi) is 7.18. The van der Waals surface area contributed by atoms with Gasteiger partial charge in [-0.1, -0.05) is 152 Å². The molecule has 8 heterocycles. The first-order valence-corrected chi connectivity index (χ1v) is 28.0. The predicted octanol–water partition coefficient (Wildman–Crippen LogP) is 13.9. The fraction of sp³-hybridized carbons (Fsp3) is 0.114. The molecular weight excluding hydrogens is 918 g/mol. The SMILES string of the molecule is c1ccc2c(c1)B1c3c(ccc4c5ccccc5n-2c34)-c2c(-c3cccc4c3CCCC4)ccc3c2n1c1c2cccc4c2n(c31)B1c2ccccc2-n2c3ccccc3c3cc(-c5cccc6c5CCCC6)c-4c1c32. The van der Waals surface area contributed by atoms with Gasteiger partial charge in [-0.3, -0.25) is 0 Å². The van der Waals surface area contributed by atoms with Crippen molar-refractivity contribution in [2.75, 3.05) is 0 Å². The van der Waals surface area contributed by atoms with Gasteiger partial charge in [-0.25, -0.2) is 0 Å². The van der Waals surface area contributed by atoms with Crippen LogP contribution in [0.25, 0.3) is 132 Å². The van der Waals surface area contributed by atoms with E-state index in [0.29, 0.717) is 0 Å². The molecule has 20 rings (SSSR count). The molecule has 0 atom stereocenters. The van der Waals surface area contributed by atoms with E-state index in [-0.39, 0.29) is 13.7 Å². The van der Waals surface area contributed by atoms with Crippen LogP contribution in [0.15, 0.2) is 182 Å². The molecule has 4 nitrogen and oxygen atoms in total. The van der Waals surface area contributed by atoms with E-state index in [4.69, 9.17) is 0 Å². The van der Waals surface area contributed by atoms with Crippen LogP contribution in [0.4, 0.5) is 0 Å². The second-order valence-corrected chi connectivity index (χ2v) is 23.0. The van der Waals surface area contributed by atoms with E-state index in [1.165, 1.54) is 191 Å². The van der Waals surface area contributed by atoms with Gasteiger partial charge in [0.25, 0.3) is 0 Å². The summed E-state index contributed by atoms with van der Waals surface area (Å²) in [6, 6.07) is 71.5. The Morgan fingerprint density at radius 3 is 1.53 bits per heavy atom. The summed E-state index contributed by atoms with van der Waals surface area (Å²) in [5.74, 6) is 0. The Morgan fingerprint density at radius 1 is 0.303 bits per heavy atom. The van der Waals surface area contributed by atoms with E-state index >= 15 is 0 Å². The Balaban J connectivity index is 1.01. The van der Waals surface area contributed by atoms with Crippen molar-refractivity contribution in [1.29, 1.82) is 0 Å². The normalized spacial score (nSPS) is 15.2. The average Bonchev–Trinajstić information content (AvgIpc) is 3.91. The molecule has 352 valence electrons. The van der Waals surface area contributed by atoms with E-state index < -0.39 is 0 Å². The van der Waals surface area contributed by atoms with Crippen molar-refractivity contribution in [1.82, 2.24) is 18.1 Å². The molecule has 76 heavy (non-hydrogen) atoms. The zero-order chi connectivity index (χ0) is 48.8. The maximum atomic E-state index is 2.88. The van der Waals surface area contributed by atoms with E-state index in [1.54, 1.807) is 11.1 Å². The van der Waals surface area contributed by atoms with Gasteiger partial charge in [0.2, 0.25) is 0 Å². The predicted molar refractivity (Wildman–Crippen MR) is 319 cm³/mol. The van der Waals surface area contributed by atoms with Crippen LogP contribution < -0.4 is 21.9 Å². The van der Waals surface area contributed by atoms with Crippen LogP contribution in [0.3, 0.4) is 0 Å². The van der Waals surface area contributed by atoms with Crippen molar-refractivity contribution in [3.8, 4) is 55.9 Å². The Bertz CT molecular complexity index is 5090. The van der Waals surface area contributed by atoms with E-state index in [9.17, 15) is 0 Å². The first-order chi connectivity index (χ1) is 37.8. The standard InChI is InChI=1S/C70H46B2N4/c1-3-20-41-39(16-1)18-13-24-43(41)47-34-37-52-66-62(47)49-36-35-48-45-22-5-9-30-57(45)73-59-32-11-7-28-55(59)71(63(49)67(48)73)76(66)69-51-27-15-26-50-61-53(44-25-14-19-40-17-2-4-21-42(40)44)38-54-46-23-6-10-31-58(46)74-60-33-12-8-29-56(60)72(64(61)68(54)74)75(65(50)51)70(52)69/h5-15,18-19,22-38H,1-4,16-17,20-21H2. The van der Waals surface area contributed by atoms with Crippen molar-refractivity contribution >= 4 is 112 Å². The molecule has 0 bridgehead atoms. The molecular formula is C70H46B2N4. The van der Waals surface area contributed by atoms with Crippen molar-refractivity contribution < 1.29 is 0 Å². The van der Waals surface area contributed by atoms with Crippen molar-refractivity contribution in [2.24, 2.45) is 0 Å². The summed E-state index contributed by atoms with van der Waals surface area (Å²) in [5.41, 5.74) is 36.0. The molecule has 0 N–H and O–H groups in total. The highest BCUT2D eigenvalue weighted by Crippen LogP contribution is 2.54. The van der Waals surface area contributed by atoms with Crippen LogP contribution in [0.2, 0.25) is 0 Å². The summed E-state index contributed by atoms with van der Waals surface area (Å²) in [6.07, 6.45) is 9.55. The fourth-order valence-corrected chi connectivity index (χ4v) is 17.0. The number of para-hydroxylation sites is 5. The minimum Gasteiger partial charge on any atom is -0.374 e. The molecule has 0 amide bonds. The first kappa shape index (κ1) is 39.7. The molecule has 10 aromatic carbocycles. The Hall–Kier alpha value is -8.73. The molecule has 0 spiro atoms. The minimum absolute atomic E-state index is 0.0516. The number of hydrogen-bond donors (Lipinski definition) is 0. The van der Waals surface area contributed by atoms with E-state index in [0.717, 1.165) is 25.7 Å². The maximum absolute atomic E-state index is 2.88. The molecule has 0 saturated carbocycles. The van der Waals surface area contributed by atoms with Gasteiger partial charge >= 0.3 is 13.7 Å². The lowest BCUT2D eigenvalue weighted by molar-refractivity contribution is 0.687. The second kappa shape index (κ2) is 13.8. The van der Waals surface area contributed by atoms with Crippen LogP contribution >= 0.6 is 0 Å². The number of aryl methyl sites for hydroxylation is 2. The molecule has 6 heteroatoms. The molecule has 0 fully saturated rings. The summed E-state index contributed by atoms with van der Waals surface area (Å²) in [7, 11) is 0. The molecule has 2 aliphatic carbocycles. The van der Waals surface area contributed by atoms with Gasteiger partial charge in [-0.15, -0.1) is 0 Å². The number of aromatic nitrogens is 4. The average molecular weight is 965 g/mol. The molecule has 6 aliphatic rings. The maximum Gasteiger partial charge on any atom is 0.333 e. The zero-order valence-electron chi connectivity index (χ0n) is 41.9. The summed E-state index contributed by atoms with van der Waals surface area (Å²) < 4.78 is 11.0. The van der Waals surface area contributed by atoms with Crippen LogP contribution in [0.1, 0.15) is 47.9 Å². The topological polar surface area (TPSA) is 19.7 Å². The van der Waals surface area contributed by atoms with Gasteiger partial charge in [-0.05, 0) is 159 Å². The highest BCUT2D eigenvalue weighted by atomic mass is 15.1. The van der Waals surface area contributed by atoms with Gasteiger partial charge < -0.3 is 18.1 Å². The minimum atomic E-state index is -0.0702. The van der Waals surface area contributed by atoms with Crippen LogP contribution in [0.5, 0.6) is 0 Å². The number of benzene rings is 10. The lowest BCUT2D eigenvalue weighted by atomic mass is 9.45. The fourth-order valence-electron chi connectivity index (χ4n) is 17.0. The van der Waals surface area contributed by atoms with Crippen LogP contribution in [-0.2, 0) is 25.7 Å². The lowest BCUT2D eigenvalue weighted by Crippen LogP contribution is -2.55. The number of hydrogen-bond acceptors (Lipinski definition) is 0. The summed E-state index contributed by atoms with van der Waals surface area (Å²) >= 11 is 0. The Labute approximate surface area is 439 Å². The van der Waals surface area contributed by atoms with Gasteiger partial charge in [0.05, 0.1) is 33.1 Å². The zero-order valence-corrected chi connectivity index (χ0v) is 41.9. The molecule has 0 radical (unpaired) electrons.